The summed E-state index contributed by atoms with van der Waals surface area (Å²) in [7, 11) is 0. The van der Waals surface area contributed by atoms with E-state index in [-0.39, 0.29) is 5.82 Å². The number of nitrogens with zero attached hydrogens (tertiary/aromatic N) is 1. The number of anilines is 2. The van der Waals surface area contributed by atoms with Gasteiger partial charge < -0.3 is 14.8 Å². The van der Waals surface area contributed by atoms with Crippen LogP contribution in [0.3, 0.4) is 0 Å². The molecule has 1 aromatic heterocycles. The smallest absolute Gasteiger partial charge is 0.241 e. The van der Waals surface area contributed by atoms with Crippen molar-refractivity contribution in [3.8, 4) is 11.8 Å². The van der Waals surface area contributed by atoms with Crippen molar-refractivity contribution in [2.45, 2.75) is 13.2 Å². The summed E-state index contributed by atoms with van der Waals surface area (Å²) in [6, 6.07) is 29.5. The fourth-order valence-electron chi connectivity index (χ4n) is 2.89. The van der Waals surface area contributed by atoms with E-state index in [4.69, 9.17) is 9.47 Å². The average molecular weight is 400 g/mol. The summed E-state index contributed by atoms with van der Waals surface area (Å²) < 4.78 is 25.4. The Morgan fingerprint density at radius 1 is 0.700 bits per heavy atom. The maximum Gasteiger partial charge on any atom is 0.241 e. The molecule has 0 unspecified atom stereocenters. The monoisotopic (exact) mass is 400 g/mol. The molecule has 4 aromatic rings. The molecule has 0 atom stereocenters. The molecular weight excluding hydrogens is 379 g/mol. The second-order valence-corrected chi connectivity index (χ2v) is 6.69. The van der Waals surface area contributed by atoms with Crippen LogP contribution in [0, 0.1) is 5.82 Å². The van der Waals surface area contributed by atoms with Gasteiger partial charge >= 0.3 is 0 Å². The first-order valence-electron chi connectivity index (χ1n) is 9.63. The lowest BCUT2D eigenvalue weighted by Gasteiger charge is -2.14. The zero-order valence-electron chi connectivity index (χ0n) is 16.3. The third-order valence-corrected chi connectivity index (χ3v) is 4.39. The van der Waals surface area contributed by atoms with Crippen molar-refractivity contribution in [3.05, 3.63) is 114 Å². The highest BCUT2D eigenvalue weighted by molar-refractivity contribution is 5.64. The molecule has 30 heavy (non-hydrogen) atoms. The minimum atomic E-state index is -0.317. The molecule has 1 heterocycles. The van der Waals surface area contributed by atoms with Crippen molar-refractivity contribution in [1.82, 2.24) is 4.98 Å². The van der Waals surface area contributed by atoms with E-state index >= 15 is 0 Å². The number of nitrogens with one attached hydrogen (secondary N) is 1. The average Bonchev–Trinajstić information content (AvgIpc) is 2.79. The molecule has 0 spiro atoms. The quantitative estimate of drug-likeness (QED) is 0.387. The number of hydrogen-bond donors (Lipinski definition) is 1. The van der Waals surface area contributed by atoms with E-state index in [1.807, 2.05) is 66.7 Å². The normalized spacial score (nSPS) is 10.4. The fourth-order valence-corrected chi connectivity index (χ4v) is 2.89. The van der Waals surface area contributed by atoms with Gasteiger partial charge in [-0.05, 0) is 35.4 Å². The largest absolute Gasteiger partial charge is 0.473 e. The van der Waals surface area contributed by atoms with Gasteiger partial charge in [-0.3, -0.25) is 0 Å². The molecule has 3 aromatic carbocycles. The Labute approximate surface area is 174 Å². The molecule has 0 aliphatic rings. The third kappa shape index (κ3) is 5.35. The van der Waals surface area contributed by atoms with Gasteiger partial charge in [0.05, 0.1) is 0 Å². The summed E-state index contributed by atoms with van der Waals surface area (Å²) >= 11 is 0. The SMILES string of the molecule is Fc1cccc(Nc2ccc(OCc3ccccc3)nc2OCc2ccccc2)c1. The molecule has 150 valence electrons. The highest BCUT2D eigenvalue weighted by Gasteiger charge is 2.10. The maximum atomic E-state index is 13.6. The summed E-state index contributed by atoms with van der Waals surface area (Å²) in [5, 5.41) is 3.17. The Morgan fingerprint density at radius 3 is 2.03 bits per heavy atom. The highest BCUT2D eigenvalue weighted by Crippen LogP contribution is 2.29. The molecule has 0 aliphatic heterocycles. The van der Waals surface area contributed by atoms with Gasteiger partial charge in [-0.1, -0.05) is 66.7 Å². The molecule has 0 bridgehead atoms. The van der Waals surface area contributed by atoms with Crippen LogP contribution < -0.4 is 14.8 Å². The van der Waals surface area contributed by atoms with E-state index in [2.05, 4.69) is 10.3 Å². The van der Waals surface area contributed by atoms with E-state index in [9.17, 15) is 4.39 Å². The van der Waals surface area contributed by atoms with Crippen LogP contribution in [0.5, 0.6) is 11.8 Å². The van der Waals surface area contributed by atoms with Gasteiger partial charge in [0.2, 0.25) is 11.8 Å². The van der Waals surface area contributed by atoms with Crippen molar-refractivity contribution in [2.75, 3.05) is 5.32 Å². The van der Waals surface area contributed by atoms with Gasteiger partial charge in [0, 0.05) is 11.8 Å². The fraction of sp³-hybridized carbons (Fsp3) is 0.0800. The molecule has 0 aliphatic carbocycles. The van der Waals surface area contributed by atoms with Gasteiger partial charge in [-0.15, -0.1) is 0 Å². The van der Waals surface area contributed by atoms with Crippen LogP contribution in [0.15, 0.2) is 97.1 Å². The first-order valence-corrected chi connectivity index (χ1v) is 9.63. The van der Waals surface area contributed by atoms with Gasteiger partial charge in [-0.25, -0.2) is 4.39 Å². The molecule has 0 amide bonds. The standard InChI is InChI=1S/C25H21FN2O2/c26-21-12-7-13-22(16-21)27-23-14-15-24(29-17-19-8-3-1-4-9-19)28-25(23)30-18-20-10-5-2-6-11-20/h1-16,27H,17-18H2. The van der Waals surface area contributed by atoms with Gasteiger partial charge in [0.25, 0.3) is 0 Å². The van der Waals surface area contributed by atoms with Crippen LogP contribution in [-0.4, -0.2) is 4.98 Å². The van der Waals surface area contributed by atoms with Crippen LogP contribution in [0.25, 0.3) is 0 Å². The molecule has 5 heteroatoms. The minimum Gasteiger partial charge on any atom is -0.473 e. The lowest BCUT2D eigenvalue weighted by molar-refractivity contribution is 0.269. The zero-order chi connectivity index (χ0) is 20.6. The Hall–Kier alpha value is -3.86. The van der Waals surface area contributed by atoms with Gasteiger partial charge in [0.1, 0.15) is 24.7 Å². The van der Waals surface area contributed by atoms with Crippen LogP contribution in [0.2, 0.25) is 0 Å². The van der Waals surface area contributed by atoms with Crippen LogP contribution in [0.1, 0.15) is 11.1 Å². The van der Waals surface area contributed by atoms with E-state index in [0.717, 1.165) is 11.1 Å². The van der Waals surface area contributed by atoms with Crippen molar-refractivity contribution < 1.29 is 13.9 Å². The van der Waals surface area contributed by atoms with Crippen molar-refractivity contribution in [2.24, 2.45) is 0 Å². The molecule has 4 rings (SSSR count). The molecule has 1 N–H and O–H groups in total. The molecule has 0 fully saturated rings. The Bertz CT molecular complexity index is 1090. The predicted octanol–water partition coefficient (Wildman–Crippen LogP) is 6.12. The minimum absolute atomic E-state index is 0.317. The molecule has 0 saturated heterocycles. The summed E-state index contributed by atoms with van der Waals surface area (Å²) in [5.74, 6) is 0.517. The lowest BCUT2D eigenvalue weighted by Crippen LogP contribution is -2.04. The number of ether oxygens (including phenoxy) is 2. The molecule has 0 radical (unpaired) electrons. The first-order chi connectivity index (χ1) is 14.8. The van der Waals surface area contributed by atoms with Gasteiger partial charge in [0.15, 0.2) is 0 Å². The predicted molar refractivity (Wildman–Crippen MR) is 115 cm³/mol. The van der Waals surface area contributed by atoms with Crippen molar-refractivity contribution >= 4 is 11.4 Å². The van der Waals surface area contributed by atoms with Crippen molar-refractivity contribution in [3.63, 3.8) is 0 Å². The third-order valence-electron chi connectivity index (χ3n) is 4.39. The molecule has 0 saturated carbocycles. The van der Waals surface area contributed by atoms with E-state index in [0.29, 0.717) is 36.3 Å². The topological polar surface area (TPSA) is 43.4 Å². The number of rotatable bonds is 8. The molecule has 4 nitrogen and oxygen atoms in total. The van der Waals surface area contributed by atoms with E-state index in [1.165, 1.54) is 12.1 Å². The molecular formula is C25H21FN2O2. The Kier molecular flexibility index (Phi) is 6.20. The second-order valence-electron chi connectivity index (χ2n) is 6.69. The number of benzene rings is 3. The number of pyridine rings is 1. The maximum absolute atomic E-state index is 13.6. The Morgan fingerprint density at radius 2 is 1.37 bits per heavy atom. The lowest BCUT2D eigenvalue weighted by atomic mass is 10.2. The number of halogens is 1. The summed E-state index contributed by atoms with van der Waals surface area (Å²) in [6.45, 7) is 0.760. The first kappa shape index (κ1) is 19.5. The number of aromatic nitrogens is 1. The number of hydrogen-bond acceptors (Lipinski definition) is 4. The highest BCUT2D eigenvalue weighted by atomic mass is 19.1. The van der Waals surface area contributed by atoms with Crippen LogP contribution in [-0.2, 0) is 13.2 Å². The summed E-state index contributed by atoms with van der Waals surface area (Å²) in [4.78, 5) is 4.52. The zero-order valence-corrected chi connectivity index (χ0v) is 16.3. The summed E-state index contributed by atoms with van der Waals surface area (Å²) in [5.41, 5.74) is 3.31. The van der Waals surface area contributed by atoms with E-state index < -0.39 is 0 Å². The van der Waals surface area contributed by atoms with Crippen LogP contribution >= 0.6 is 0 Å². The van der Waals surface area contributed by atoms with Gasteiger partial charge in [-0.2, -0.15) is 4.98 Å². The summed E-state index contributed by atoms with van der Waals surface area (Å²) in [6.07, 6.45) is 0. The Balaban J connectivity index is 1.54. The van der Waals surface area contributed by atoms with E-state index in [1.54, 1.807) is 18.2 Å². The van der Waals surface area contributed by atoms with Crippen LogP contribution in [0.4, 0.5) is 15.8 Å². The van der Waals surface area contributed by atoms with Crippen molar-refractivity contribution in [1.29, 1.82) is 0 Å². The second kappa shape index (κ2) is 9.56.